The Hall–Kier alpha value is -3.77. The molecule has 6 nitrogen and oxygen atoms in total. The van der Waals surface area contributed by atoms with Crippen LogP contribution < -0.4 is 10.6 Å². The second kappa shape index (κ2) is 8.17. The zero-order valence-electron chi connectivity index (χ0n) is 19.5. The molecule has 2 N–H and O–H groups in total. The van der Waals surface area contributed by atoms with Gasteiger partial charge in [0.05, 0.1) is 11.8 Å². The van der Waals surface area contributed by atoms with Crippen molar-refractivity contribution < 1.29 is 14.4 Å². The Labute approximate surface area is 204 Å². The topological polar surface area (TPSA) is 78.5 Å². The van der Waals surface area contributed by atoms with Gasteiger partial charge >= 0.3 is 0 Å². The van der Waals surface area contributed by atoms with Gasteiger partial charge < -0.3 is 5.32 Å². The molecule has 176 valence electrons. The number of para-hydroxylation sites is 1. The standard InChI is InChI=1S/C29H27N3O3/c1-18-9-8-14-21-25(18)30-28(35)29(21)24-23(22(31-29)17-20-12-6-3-7-13-20)26(33)32(27(24)34)16-15-19-10-4-2-5-11-19/h2-14,22-24,31H,15-17H2,1H3,(H,30,35)/t22-,23+,24+,29+/m0/s1. The molecule has 1 spiro atoms. The highest BCUT2D eigenvalue weighted by Gasteiger charge is 2.70. The van der Waals surface area contributed by atoms with Gasteiger partial charge in [0.15, 0.2) is 0 Å². The smallest absolute Gasteiger partial charge is 0.250 e. The average Bonchev–Trinajstić information content (AvgIpc) is 3.45. The summed E-state index contributed by atoms with van der Waals surface area (Å²) >= 11 is 0. The minimum absolute atomic E-state index is 0.185. The number of aryl methyl sites for hydroxylation is 1. The van der Waals surface area contributed by atoms with E-state index in [9.17, 15) is 14.4 Å². The summed E-state index contributed by atoms with van der Waals surface area (Å²) in [5.41, 5.74) is 3.33. The monoisotopic (exact) mass is 465 g/mol. The van der Waals surface area contributed by atoms with Gasteiger partial charge in [-0.05, 0) is 36.5 Å². The maximum Gasteiger partial charge on any atom is 0.250 e. The third-order valence-corrected chi connectivity index (χ3v) is 7.82. The van der Waals surface area contributed by atoms with Gasteiger partial charge in [0.2, 0.25) is 17.7 Å². The third-order valence-electron chi connectivity index (χ3n) is 7.82. The van der Waals surface area contributed by atoms with Crippen LogP contribution >= 0.6 is 0 Å². The molecule has 3 aromatic carbocycles. The summed E-state index contributed by atoms with van der Waals surface area (Å²) < 4.78 is 0. The summed E-state index contributed by atoms with van der Waals surface area (Å²) in [6, 6.07) is 25.2. The highest BCUT2D eigenvalue weighted by atomic mass is 16.2. The van der Waals surface area contributed by atoms with Crippen LogP contribution in [0.25, 0.3) is 0 Å². The van der Waals surface area contributed by atoms with E-state index in [-0.39, 0.29) is 23.8 Å². The van der Waals surface area contributed by atoms with E-state index >= 15 is 0 Å². The van der Waals surface area contributed by atoms with Crippen molar-refractivity contribution in [1.82, 2.24) is 10.2 Å². The molecule has 3 heterocycles. The lowest BCUT2D eigenvalue weighted by atomic mass is 9.76. The molecular formula is C29H27N3O3. The number of imide groups is 1. The van der Waals surface area contributed by atoms with E-state index in [1.165, 1.54) is 4.90 Å². The van der Waals surface area contributed by atoms with Gasteiger partial charge in [0.25, 0.3) is 0 Å². The molecule has 2 fully saturated rings. The predicted octanol–water partition coefficient (Wildman–Crippen LogP) is 3.20. The van der Waals surface area contributed by atoms with Gasteiger partial charge in [-0.1, -0.05) is 78.9 Å². The number of rotatable bonds is 5. The van der Waals surface area contributed by atoms with Crippen LogP contribution in [0.2, 0.25) is 0 Å². The number of likely N-dealkylation sites (tertiary alicyclic amines) is 1. The average molecular weight is 466 g/mol. The minimum atomic E-state index is -1.25. The number of anilines is 1. The molecule has 4 atom stereocenters. The van der Waals surface area contributed by atoms with Crippen molar-refractivity contribution in [3.8, 4) is 0 Å². The molecule has 3 aliphatic heterocycles. The van der Waals surface area contributed by atoms with E-state index in [1.54, 1.807) is 0 Å². The zero-order chi connectivity index (χ0) is 24.2. The second-order valence-electron chi connectivity index (χ2n) is 9.77. The summed E-state index contributed by atoms with van der Waals surface area (Å²) in [6.45, 7) is 2.25. The van der Waals surface area contributed by atoms with Crippen molar-refractivity contribution >= 4 is 23.4 Å². The molecule has 6 heteroatoms. The number of hydrogen-bond acceptors (Lipinski definition) is 4. The third kappa shape index (κ3) is 3.24. The predicted molar refractivity (Wildman–Crippen MR) is 132 cm³/mol. The molecule has 0 aliphatic carbocycles. The van der Waals surface area contributed by atoms with Gasteiger partial charge in [-0.3, -0.25) is 24.6 Å². The number of nitrogens with one attached hydrogen (secondary N) is 2. The van der Waals surface area contributed by atoms with Crippen molar-refractivity contribution in [2.45, 2.75) is 31.3 Å². The maximum atomic E-state index is 13.9. The summed E-state index contributed by atoms with van der Waals surface area (Å²) in [4.78, 5) is 42.7. The Morgan fingerprint density at radius 2 is 1.51 bits per heavy atom. The summed E-state index contributed by atoms with van der Waals surface area (Å²) in [5, 5.41) is 6.54. The SMILES string of the molecule is Cc1cccc2c1NC(=O)[C@@]21N[C@@H](Cc2ccccc2)[C@H]2C(=O)N(CCc3ccccc3)C(=O)[C@@H]21. The first-order valence-corrected chi connectivity index (χ1v) is 12.1. The Kier molecular flexibility index (Phi) is 5.07. The molecule has 3 aliphatic rings. The highest BCUT2D eigenvalue weighted by molar-refractivity contribution is 6.15. The van der Waals surface area contributed by atoms with E-state index < -0.39 is 17.4 Å². The normalized spacial score (nSPS) is 26.8. The Balaban J connectivity index is 1.41. The lowest BCUT2D eigenvalue weighted by molar-refractivity contribution is -0.142. The number of carbonyl (C=O) groups excluding carboxylic acids is 3. The van der Waals surface area contributed by atoms with Gasteiger partial charge in [0, 0.05) is 23.8 Å². The van der Waals surface area contributed by atoms with Crippen molar-refractivity contribution in [1.29, 1.82) is 0 Å². The number of benzene rings is 3. The number of carbonyl (C=O) groups is 3. The molecule has 3 aromatic rings. The Morgan fingerprint density at radius 3 is 2.23 bits per heavy atom. The molecule has 0 aromatic heterocycles. The quantitative estimate of drug-likeness (QED) is 0.568. The van der Waals surface area contributed by atoms with Crippen LogP contribution in [0.1, 0.15) is 22.3 Å². The molecule has 0 unspecified atom stereocenters. The molecule has 35 heavy (non-hydrogen) atoms. The molecular weight excluding hydrogens is 438 g/mol. The number of fused-ring (bicyclic) bond motifs is 4. The van der Waals surface area contributed by atoms with Crippen LogP contribution in [-0.2, 0) is 32.8 Å². The van der Waals surface area contributed by atoms with Crippen LogP contribution in [-0.4, -0.2) is 35.2 Å². The first kappa shape index (κ1) is 21.7. The van der Waals surface area contributed by atoms with Crippen LogP contribution in [0.15, 0.2) is 78.9 Å². The summed E-state index contributed by atoms with van der Waals surface area (Å²) in [5.74, 6) is -2.07. The summed E-state index contributed by atoms with van der Waals surface area (Å²) in [6.07, 6.45) is 1.15. The molecule has 2 saturated heterocycles. The van der Waals surface area contributed by atoms with E-state index in [0.717, 1.165) is 27.9 Å². The molecule has 3 amide bonds. The van der Waals surface area contributed by atoms with Crippen molar-refractivity contribution in [3.05, 3.63) is 101 Å². The summed E-state index contributed by atoms with van der Waals surface area (Å²) in [7, 11) is 0. The van der Waals surface area contributed by atoms with E-state index in [1.807, 2.05) is 85.8 Å². The zero-order valence-corrected chi connectivity index (χ0v) is 19.5. The molecule has 0 saturated carbocycles. The lowest BCUT2D eigenvalue weighted by Gasteiger charge is -2.29. The van der Waals surface area contributed by atoms with E-state index in [4.69, 9.17) is 0 Å². The number of amides is 3. The lowest BCUT2D eigenvalue weighted by Crippen LogP contribution is -2.53. The van der Waals surface area contributed by atoms with E-state index in [2.05, 4.69) is 10.6 Å². The minimum Gasteiger partial charge on any atom is -0.324 e. The number of hydrogen-bond donors (Lipinski definition) is 2. The van der Waals surface area contributed by atoms with Crippen molar-refractivity contribution in [2.75, 3.05) is 11.9 Å². The maximum absolute atomic E-state index is 13.9. The molecule has 0 radical (unpaired) electrons. The first-order chi connectivity index (χ1) is 17.0. The fourth-order valence-electron chi connectivity index (χ4n) is 6.18. The number of nitrogens with zero attached hydrogens (tertiary/aromatic N) is 1. The Morgan fingerprint density at radius 1 is 0.829 bits per heavy atom. The highest BCUT2D eigenvalue weighted by Crippen LogP contribution is 2.53. The first-order valence-electron chi connectivity index (χ1n) is 12.1. The van der Waals surface area contributed by atoms with Crippen LogP contribution in [0, 0.1) is 18.8 Å². The van der Waals surface area contributed by atoms with Crippen LogP contribution in [0.3, 0.4) is 0 Å². The fourth-order valence-corrected chi connectivity index (χ4v) is 6.18. The molecule has 0 bridgehead atoms. The molecule has 6 rings (SSSR count). The fraction of sp³-hybridized carbons (Fsp3) is 0.276. The van der Waals surface area contributed by atoms with Crippen LogP contribution in [0.4, 0.5) is 5.69 Å². The van der Waals surface area contributed by atoms with Crippen molar-refractivity contribution in [2.24, 2.45) is 11.8 Å². The van der Waals surface area contributed by atoms with Crippen molar-refractivity contribution in [3.63, 3.8) is 0 Å². The van der Waals surface area contributed by atoms with Gasteiger partial charge in [0.1, 0.15) is 5.54 Å². The second-order valence-corrected chi connectivity index (χ2v) is 9.77. The van der Waals surface area contributed by atoms with Gasteiger partial charge in [-0.15, -0.1) is 0 Å². The largest absolute Gasteiger partial charge is 0.324 e. The van der Waals surface area contributed by atoms with Gasteiger partial charge in [-0.2, -0.15) is 0 Å². The Bertz CT molecular complexity index is 1320. The van der Waals surface area contributed by atoms with Gasteiger partial charge in [-0.25, -0.2) is 0 Å². The van der Waals surface area contributed by atoms with Crippen LogP contribution in [0.5, 0.6) is 0 Å². The van der Waals surface area contributed by atoms with E-state index in [0.29, 0.717) is 19.4 Å².